The highest BCUT2D eigenvalue weighted by Crippen LogP contribution is 2.23. The number of carbonyl (C=O) groups excluding carboxylic acids is 1. The number of H-pyrrole nitrogens is 1. The Morgan fingerprint density at radius 3 is 2.70 bits per heavy atom. The molecule has 0 fully saturated rings. The average Bonchev–Trinajstić information content (AvgIpc) is 3.29. The minimum atomic E-state index is -0.364. The van der Waals surface area contributed by atoms with Crippen molar-refractivity contribution < 1.29 is 9.53 Å². The van der Waals surface area contributed by atoms with Crippen LogP contribution in [0.4, 0.5) is 0 Å². The summed E-state index contributed by atoms with van der Waals surface area (Å²) in [4.78, 5) is 12.3. The predicted octanol–water partition coefficient (Wildman–Crippen LogP) is 4.67. The quantitative estimate of drug-likeness (QED) is 0.367. The second-order valence-electron chi connectivity index (χ2n) is 6.55. The van der Waals surface area contributed by atoms with Crippen molar-refractivity contribution in [3.63, 3.8) is 0 Å². The van der Waals surface area contributed by atoms with Crippen molar-refractivity contribution in [2.75, 3.05) is 7.11 Å². The summed E-state index contributed by atoms with van der Waals surface area (Å²) in [6.45, 7) is 0. The zero-order chi connectivity index (χ0) is 20.8. The number of nitrogens with zero attached hydrogens (tertiary/aromatic N) is 2. The van der Waals surface area contributed by atoms with Gasteiger partial charge in [0, 0.05) is 17.3 Å². The molecule has 6 nitrogen and oxygen atoms in total. The van der Waals surface area contributed by atoms with Crippen molar-refractivity contribution in [2.24, 2.45) is 5.10 Å². The van der Waals surface area contributed by atoms with Crippen LogP contribution >= 0.6 is 0 Å². The summed E-state index contributed by atoms with van der Waals surface area (Å²) in [6.07, 6.45) is 5.08. The summed E-state index contributed by atoms with van der Waals surface area (Å²) < 4.78 is 5.28. The number of hydrogen-bond donors (Lipinski definition) is 2. The lowest BCUT2D eigenvalue weighted by molar-refractivity contribution is 0.0950. The molecule has 0 spiro atoms. The lowest BCUT2D eigenvalue weighted by atomic mass is 10.1. The van der Waals surface area contributed by atoms with Crippen LogP contribution in [0.25, 0.3) is 28.1 Å². The maximum Gasteiger partial charge on any atom is 0.289 e. The molecule has 1 heterocycles. The van der Waals surface area contributed by atoms with E-state index in [9.17, 15) is 4.79 Å². The molecule has 4 aromatic rings. The second kappa shape index (κ2) is 8.87. The van der Waals surface area contributed by atoms with E-state index in [4.69, 9.17) is 4.74 Å². The van der Waals surface area contributed by atoms with Gasteiger partial charge in [0.15, 0.2) is 0 Å². The molecule has 1 amide bonds. The number of carbonyl (C=O) groups is 1. The van der Waals surface area contributed by atoms with Crippen molar-refractivity contribution in [3.05, 3.63) is 90.1 Å². The topological polar surface area (TPSA) is 79.4 Å². The first-order chi connectivity index (χ1) is 14.7. The molecule has 0 saturated carbocycles. The Hall–Kier alpha value is -4.19. The number of hydrogen-bond acceptors (Lipinski definition) is 4. The van der Waals surface area contributed by atoms with Crippen LogP contribution in [-0.2, 0) is 0 Å². The third-order valence-corrected chi connectivity index (χ3v) is 4.61. The zero-order valence-corrected chi connectivity index (χ0v) is 16.4. The van der Waals surface area contributed by atoms with Gasteiger partial charge in [0.2, 0.25) is 0 Å². The number of ether oxygens (including phenoxy) is 1. The molecule has 0 radical (unpaired) electrons. The minimum Gasteiger partial charge on any atom is -0.496 e. The summed E-state index contributed by atoms with van der Waals surface area (Å²) in [5, 5.41) is 13.2. The number of methoxy groups -OCH3 is 1. The number of hydrazone groups is 1. The highest BCUT2D eigenvalue weighted by atomic mass is 16.5. The number of para-hydroxylation sites is 1. The van der Waals surface area contributed by atoms with Gasteiger partial charge in [-0.05, 0) is 41.1 Å². The van der Waals surface area contributed by atoms with Crippen LogP contribution in [0.1, 0.15) is 16.1 Å². The molecule has 4 rings (SSSR count). The molecule has 0 aliphatic carbocycles. The Balaban J connectivity index is 1.40. The van der Waals surface area contributed by atoms with Crippen LogP contribution in [0.3, 0.4) is 0 Å². The third kappa shape index (κ3) is 4.28. The first-order valence-electron chi connectivity index (χ1n) is 9.42. The summed E-state index contributed by atoms with van der Waals surface area (Å²) in [7, 11) is 1.62. The molecule has 6 heteroatoms. The maximum absolute atomic E-state index is 12.3. The molecule has 2 N–H and O–H groups in total. The lowest BCUT2D eigenvalue weighted by Crippen LogP contribution is -2.17. The Morgan fingerprint density at radius 2 is 1.83 bits per heavy atom. The smallest absolute Gasteiger partial charge is 0.289 e. The first-order valence-corrected chi connectivity index (χ1v) is 9.42. The lowest BCUT2D eigenvalue weighted by Gasteiger charge is -2.02. The van der Waals surface area contributed by atoms with E-state index in [1.54, 1.807) is 19.3 Å². The molecule has 0 bridgehead atoms. The highest BCUT2D eigenvalue weighted by Gasteiger charge is 2.10. The summed E-state index contributed by atoms with van der Waals surface area (Å²) >= 11 is 0. The van der Waals surface area contributed by atoms with Crippen LogP contribution in [-0.4, -0.2) is 29.4 Å². The fourth-order valence-electron chi connectivity index (χ4n) is 3.08. The molecule has 30 heavy (non-hydrogen) atoms. The Kier molecular flexibility index (Phi) is 5.66. The van der Waals surface area contributed by atoms with E-state index < -0.39 is 0 Å². The molecule has 0 unspecified atom stereocenters. The SMILES string of the molecule is COc1ccccc1/C=C/C=N/NC(=O)c1cc(-c2ccc3ccccc3c2)n[nH]1. The number of benzene rings is 3. The van der Waals surface area contributed by atoms with Gasteiger partial charge in [-0.2, -0.15) is 10.2 Å². The van der Waals surface area contributed by atoms with Crippen LogP contribution < -0.4 is 10.2 Å². The van der Waals surface area contributed by atoms with E-state index in [-0.39, 0.29) is 5.91 Å². The number of allylic oxidation sites excluding steroid dienone is 1. The molecular formula is C24H20N4O2. The molecule has 148 valence electrons. The van der Waals surface area contributed by atoms with Crippen molar-refractivity contribution in [2.45, 2.75) is 0 Å². The zero-order valence-electron chi connectivity index (χ0n) is 16.4. The van der Waals surface area contributed by atoms with Gasteiger partial charge < -0.3 is 4.74 Å². The Labute approximate surface area is 173 Å². The summed E-state index contributed by atoms with van der Waals surface area (Å²) in [5.41, 5.74) is 5.38. The van der Waals surface area contributed by atoms with Gasteiger partial charge in [0.1, 0.15) is 11.4 Å². The average molecular weight is 396 g/mol. The minimum absolute atomic E-state index is 0.337. The molecule has 3 aromatic carbocycles. The van der Waals surface area contributed by atoms with Crippen LogP contribution in [0.2, 0.25) is 0 Å². The number of aromatic amines is 1. The molecule has 1 aromatic heterocycles. The normalized spacial score (nSPS) is 11.4. The maximum atomic E-state index is 12.3. The van der Waals surface area contributed by atoms with Crippen molar-refractivity contribution >= 4 is 29.0 Å². The van der Waals surface area contributed by atoms with E-state index in [2.05, 4.69) is 26.8 Å². The van der Waals surface area contributed by atoms with Crippen molar-refractivity contribution in [1.29, 1.82) is 0 Å². The van der Waals surface area contributed by atoms with E-state index in [0.29, 0.717) is 11.4 Å². The van der Waals surface area contributed by atoms with Gasteiger partial charge in [-0.3, -0.25) is 9.89 Å². The van der Waals surface area contributed by atoms with E-state index in [1.807, 2.05) is 66.7 Å². The second-order valence-corrected chi connectivity index (χ2v) is 6.55. The highest BCUT2D eigenvalue weighted by molar-refractivity contribution is 5.94. The fraction of sp³-hybridized carbons (Fsp3) is 0.0417. The molecule has 0 aliphatic heterocycles. The third-order valence-electron chi connectivity index (χ3n) is 4.61. The predicted molar refractivity (Wildman–Crippen MR) is 120 cm³/mol. The summed E-state index contributed by atoms with van der Waals surface area (Å²) in [5.74, 6) is 0.404. The van der Waals surface area contributed by atoms with Crippen molar-refractivity contribution in [3.8, 4) is 17.0 Å². The molecular weight excluding hydrogens is 376 g/mol. The van der Waals surface area contributed by atoms with Crippen LogP contribution in [0, 0.1) is 0 Å². The standard InChI is InChI=1S/C24H20N4O2/c1-30-23-11-5-4-8-18(23)10-6-14-25-28-24(29)22-16-21(26-27-22)20-13-12-17-7-2-3-9-19(17)15-20/h2-16H,1H3,(H,26,27)(H,28,29)/b10-6+,25-14+. The van der Waals surface area contributed by atoms with Gasteiger partial charge in [-0.25, -0.2) is 5.43 Å². The summed E-state index contributed by atoms with van der Waals surface area (Å²) in [6, 6.07) is 23.5. The van der Waals surface area contributed by atoms with Gasteiger partial charge in [0.05, 0.1) is 12.8 Å². The number of amides is 1. The molecule has 0 aliphatic rings. The van der Waals surface area contributed by atoms with Crippen LogP contribution in [0.15, 0.2) is 84.0 Å². The van der Waals surface area contributed by atoms with E-state index >= 15 is 0 Å². The van der Waals surface area contributed by atoms with Crippen LogP contribution in [0.5, 0.6) is 5.75 Å². The van der Waals surface area contributed by atoms with E-state index in [0.717, 1.165) is 27.6 Å². The number of fused-ring (bicyclic) bond motifs is 1. The number of rotatable bonds is 6. The number of aromatic nitrogens is 2. The van der Waals surface area contributed by atoms with Gasteiger partial charge >= 0.3 is 0 Å². The largest absolute Gasteiger partial charge is 0.496 e. The number of nitrogens with one attached hydrogen (secondary N) is 2. The van der Waals surface area contributed by atoms with Crippen molar-refractivity contribution in [1.82, 2.24) is 15.6 Å². The molecule has 0 atom stereocenters. The first kappa shape index (κ1) is 19.1. The monoisotopic (exact) mass is 396 g/mol. The van der Waals surface area contributed by atoms with E-state index in [1.165, 1.54) is 6.21 Å². The van der Waals surface area contributed by atoms with Gasteiger partial charge in [0.25, 0.3) is 5.91 Å². The Bertz CT molecular complexity index is 1240. The Morgan fingerprint density at radius 1 is 1.03 bits per heavy atom. The fourth-order valence-corrected chi connectivity index (χ4v) is 3.08. The van der Waals surface area contributed by atoms with Gasteiger partial charge in [-0.1, -0.05) is 54.6 Å². The molecule has 0 saturated heterocycles. The van der Waals surface area contributed by atoms with Gasteiger partial charge in [-0.15, -0.1) is 0 Å².